The summed E-state index contributed by atoms with van der Waals surface area (Å²) in [5.74, 6) is 0. The summed E-state index contributed by atoms with van der Waals surface area (Å²) in [6.45, 7) is 12.6. The molecule has 2 aliphatic heterocycles. The number of likely N-dealkylation sites (tertiary alicyclic amines) is 2. The number of piperidine rings is 2. The largest absolute Gasteiger partial charge is 0.444 e. The van der Waals surface area contributed by atoms with Crippen LogP contribution in [-0.4, -0.2) is 58.4 Å². The van der Waals surface area contributed by atoms with Crippen LogP contribution in [0.4, 0.5) is 9.59 Å². The van der Waals surface area contributed by atoms with Crippen molar-refractivity contribution in [1.29, 1.82) is 0 Å². The van der Waals surface area contributed by atoms with Crippen molar-refractivity contribution in [2.24, 2.45) is 0 Å². The molecule has 2 aliphatic rings. The molecule has 2 rings (SSSR count). The summed E-state index contributed by atoms with van der Waals surface area (Å²) in [5.41, 5.74) is -1.02. The molecule has 0 N–H and O–H groups in total. The van der Waals surface area contributed by atoms with Gasteiger partial charge in [-0.2, -0.15) is 0 Å². The predicted octanol–water partition coefficient (Wildman–Crippen LogP) is 3.79. The summed E-state index contributed by atoms with van der Waals surface area (Å²) >= 11 is 0. The number of carbonyl (C=O) groups excluding carboxylic acids is 2. The second kappa shape index (κ2) is 6.81. The predicted molar refractivity (Wildman–Crippen MR) is 91.9 cm³/mol. The molecule has 2 heterocycles. The first-order valence-corrected chi connectivity index (χ1v) is 8.97. The highest BCUT2D eigenvalue weighted by Crippen LogP contribution is 2.32. The highest BCUT2D eigenvalue weighted by molar-refractivity contribution is 5.71. The smallest absolute Gasteiger partial charge is 0.410 e. The minimum atomic E-state index is -0.510. The zero-order valence-electron chi connectivity index (χ0n) is 15.9. The minimum absolute atomic E-state index is 0.0230. The number of hydrogen-bond donors (Lipinski definition) is 0. The summed E-state index contributed by atoms with van der Waals surface area (Å²) in [7, 11) is 0. The molecule has 0 radical (unpaired) electrons. The summed E-state index contributed by atoms with van der Waals surface area (Å²) in [6.07, 6.45) is 3.01. The van der Waals surface area contributed by atoms with Gasteiger partial charge in [-0.25, -0.2) is 9.59 Å². The molecule has 2 atom stereocenters. The molecule has 2 fully saturated rings. The lowest BCUT2D eigenvalue weighted by molar-refractivity contribution is -0.0365. The summed E-state index contributed by atoms with van der Waals surface area (Å²) in [6, 6.07) is 0.0461. The molecule has 6 heteroatoms. The molecule has 0 unspecified atom stereocenters. The van der Waals surface area contributed by atoms with E-state index in [0.717, 1.165) is 25.7 Å². The molecule has 0 aromatic heterocycles. The van der Waals surface area contributed by atoms with Crippen LogP contribution in [0.3, 0.4) is 0 Å². The highest BCUT2D eigenvalue weighted by atomic mass is 16.6. The van der Waals surface area contributed by atoms with E-state index in [9.17, 15) is 9.59 Å². The average molecular weight is 340 g/mol. The first-order chi connectivity index (χ1) is 11.0. The van der Waals surface area contributed by atoms with Crippen molar-refractivity contribution in [1.82, 2.24) is 9.80 Å². The third-order valence-corrected chi connectivity index (χ3v) is 4.30. The van der Waals surface area contributed by atoms with E-state index in [2.05, 4.69) is 0 Å². The molecule has 0 spiro atoms. The van der Waals surface area contributed by atoms with E-state index < -0.39 is 11.2 Å². The molecule has 6 nitrogen and oxygen atoms in total. The van der Waals surface area contributed by atoms with E-state index in [1.807, 2.05) is 51.3 Å². The normalized spacial score (nSPS) is 25.1. The Hall–Kier alpha value is -1.46. The van der Waals surface area contributed by atoms with Crippen molar-refractivity contribution >= 4 is 12.2 Å². The van der Waals surface area contributed by atoms with Gasteiger partial charge in [-0.3, -0.25) is 0 Å². The van der Waals surface area contributed by atoms with E-state index in [4.69, 9.17) is 9.47 Å². The van der Waals surface area contributed by atoms with Gasteiger partial charge in [0.05, 0.1) is 12.1 Å². The molecule has 0 aromatic carbocycles. The molecule has 24 heavy (non-hydrogen) atoms. The summed E-state index contributed by atoms with van der Waals surface area (Å²) in [4.78, 5) is 28.7. The number of ether oxygens (including phenoxy) is 2. The lowest BCUT2D eigenvalue weighted by atomic mass is 9.88. The quantitative estimate of drug-likeness (QED) is 0.673. The average Bonchev–Trinajstić information content (AvgIpc) is 2.42. The van der Waals surface area contributed by atoms with E-state index in [1.54, 1.807) is 0 Å². The van der Waals surface area contributed by atoms with Gasteiger partial charge in [0.25, 0.3) is 0 Å². The van der Waals surface area contributed by atoms with Crippen LogP contribution in [0.15, 0.2) is 0 Å². The molecular weight excluding hydrogens is 308 g/mol. The van der Waals surface area contributed by atoms with E-state index >= 15 is 0 Å². The fourth-order valence-corrected chi connectivity index (χ4v) is 3.48. The fourth-order valence-electron chi connectivity index (χ4n) is 3.48. The maximum absolute atomic E-state index is 12.5. The van der Waals surface area contributed by atoms with Gasteiger partial charge >= 0.3 is 12.2 Å². The van der Waals surface area contributed by atoms with Crippen LogP contribution < -0.4 is 0 Å². The lowest BCUT2D eigenvalue weighted by Gasteiger charge is -2.48. The minimum Gasteiger partial charge on any atom is -0.444 e. The monoisotopic (exact) mass is 340 g/mol. The Morgan fingerprint density at radius 1 is 0.750 bits per heavy atom. The Kier molecular flexibility index (Phi) is 5.35. The van der Waals surface area contributed by atoms with Gasteiger partial charge in [-0.05, 0) is 67.2 Å². The molecule has 138 valence electrons. The highest BCUT2D eigenvalue weighted by Gasteiger charge is 2.43. The first-order valence-electron chi connectivity index (χ1n) is 8.97. The summed E-state index contributed by atoms with van der Waals surface area (Å²) < 4.78 is 11.1. The second-order valence-corrected chi connectivity index (χ2v) is 8.77. The molecule has 0 saturated carbocycles. The maximum Gasteiger partial charge on any atom is 0.410 e. The van der Waals surface area contributed by atoms with Crippen LogP contribution in [0, 0.1) is 0 Å². The van der Waals surface area contributed by atoms with Gasteiger partial charge in [-0.1, -0.05) is 0 Å². The lowest BCUT2D eigenvalue weighted by Crippen LogP contribution is -2.61. The van der Waals surface area contributed by atoms with Crippen molar-refractivity contribution in [3.63, 3.8) is 0 Å². The fraction of sp³-hybridized carbons (Fsp3) is 0.889. The molecule has 0 aromatic rings. The van der Waals surface area contributed by atoms with Gasteiger partial charge in [0.2, 0.25) is 0 Å². The van der Waals surface area contributed by atoms with Crippen molar-refractivity contribution in [3.05, 3.63) is 0 Å². The van der Waals surface area contributed by atoms with Crippen molar-refractivity contribution in [3.8, 4) is 0 Å². The molecular formula is C18H32N2O4. The number of amides is 2. The first kappa shape index (κ1) is 18.9. The third-order valence-electron chi connectivity index (χ3n) is 4.30. The zero-order chi connectivity index (χ0) is 18.1. The van der Waals surface area contributed by atoms with Crippen LogP contribution in [0.25, 0.3) is 0 Å². The topological polar surface area (TPSA) is 59.1 Å². The third kappa shape index (κ3) is 4.77. The number of rotatable bonds is 0. The van der Waals surface area contributed by atoms with Crippen LogP contribution in [0.2, 0.25) is 0 Å². The van der Waals surface area contributed by atoms with Crippen molar-refractivity contribution < 1.29 is 19.1 Å². The molecule has 2 saturated heterocycles. The Labute approximate surface area is 145 Å². The Bertz CT molecular complexity index is 434. The van der Waals surface area contributed by atoms with Crippen LogP contribution in [-0.2, 0) is 9.47 Å². The molecule has 0 aliphatic carbocycles. The molecule has 2 amide bonds. The second-order valence-electron chi connectivity index (χ2n) is 8.77. The maximum atomic E-state index is 12.5. The standard InChI is InChI=1S/C18H32N2O4/c1-17(2,3)23-15(21)19-11-7-10-14-13(19)9-8-12-20(14)16(22)24-18(4,5)6/h13-14H,7-12H2,1-6H3/t13-,14-/m1/s1. The van der Waals surface area contributed by atoms with Crippen LogP contribution in [0.1, 0.15) is 67.2 Å². The van der Waals surface area contributed by atoms with Gasteiger partial charge in [0, 0.05) is 13.1 Å². The molecule has 0 bridgehead atoms. The van der Waals surface area contributed by atoms with Gasteiger partial charge < -0.3 is 19.3 Å². The van der Waals surface area contributed by atoms with Crippen molar-refractivity contribution in [2.75, 3.05) is 13.1 Å². The van der Waals surface area contributed by atoms with Crippen LogP contribution in [0.5, 0.6) is 0 Å². The van der Waals surface area contributed by atoms with Crippen LogP contribution >= 0.6 is 0 Å². The van der Waals surface area contributed by atoms with E-state index in [0.29, 0.717) is 13.1 Å². The number of hydrogen-bond acceptors (Lipinski definition) is 4. The Morgan fingerprint density at radius 3 is 1.38 bits per heavy atom. The number of fused-ring (bicyclic) bond motifs is 1. The zero-order valence-corrected chi connectivity index (χ0v) is 15.9. The van der Waals surface area contributed by atoms with E-state index in [-0.39, 0.29) is 24.3 Å². The number of carbonyl (C=O) groups is 2. The SMILES string of the molecule is CC(C)(C)OC(=O)N1CCC[C@@H]2[C@H]1CCCN2C(=O)OC(C)(C)C. The summed E-state index contributed by atoms with van der Waals surface area (Å²) in [5, 5.41) is 0. The van der Waals surface area contributed by atoms with Gasteiger partial charge in [0.15, 0.2) is 0 Å². The van der Waals surface area contributed by atoms with Gasteiger partial charge in [-0.15, -0.1) is 0 Å². The van der Waals surface area contributed by atoms with Crippen molar-refractivity contribution in [2.45, 2.75) is 90.5 Å². The van der Waals surface area contributed by atoms with Gasteiger partial charge in [0.1, 0.15) is 11.2 Å². The number of nitrogens with zero attached hydrogens (tertiary/aromatic N) is 2. The Balaban J connectivity index is 2.11. The Morgan fingerprint density at radius 2 is 1.08 bits per heavy atom. The van der Waals surface area contributed by atoms with E-state index in [1.165, 1.54) is 0 Å².